The largest absolute Gasteiger partial charge is 0.477 e. The molecular formula is C19H13Cl2N7O2S. The number of benzene rings is 1. The molecule has 0 saturated heterocycles. The van der Waals surface area contributed by atoms with Crippen LogP contribution in [0.2, 0.25) is 10.0 Å². The van der Waals surface area contributed by atoms with Gasteiger partial charge in [-0.05, 0) is 24.3 Å². The highest BCUT2D eigenvalue weighted by Gasteiger charge is 2.14. The lowest BCUT2D eigenvalue weighted by Crippen LogP contribution is -2.21. The molecule has 0 aliphatic rings. The number of hydrazone groups is 1. The van der Waals surface area contributed by atoms with Gasteiger partial charge in [0.1, 0.15) is 5.69 Å². The van der Waals surface area contributed by atoms with E-state index in [-0.39, 0.29) is 12.3 Å². The van der Waals surface area contributed by atoms with Gasteiger partial charge in [-0.1, -0.05) is 40.5 Å². The van der Waals surface area contributed by atoms with Crippen molar-refractivity contribution < 1.29 is 9.90 Å². The number of pyridine rings is 1. The van der Waals surface area contributed by atoms with Gasteiger partial charge in [-0.2, -0.15) is 5.10 Å². The van der Waals surface area contributed by atoms with Gasteiger partial charge in [-0.25, -0.2) is 14.5 Å². The molecule has 0 radical (unpaired) electrons. The normalized spacial score (nSPS) is 11.5. The first-order valence-corrected chi connectivity index (χ1v) is 10.4. The van der Waals surface area contributed by atoms with E-state index in [1.54, 1.807) is 48.1 Å². The highest BCUT2D eigenvalue weighted by molar-refractivity contribution is 7.14. The topological polar surface area (TPSA) is 118 Å². The number of halogens is 2. The van der Waals surface area contributed by atoms with Gasteiger partial charge >= 0.3 is 5.97 Å². The zero-order valence-electron chi connectivity index (χ0n) is 15.6. The first kappa shape index (κ1) is 20.9. The molecule has 0 saturated carbocycles. The van der Waals surface area contributed by atoms with E-state index in [1.165, 1.54) is 16.0 Å². The van der Waals surface area contributed by atoms with Gasteiger partial charge in [-0.15, -0.1) is 16.4 Å². The second-order valence-electron chi connectivity index (χ2n) is 6.16. The number of hydrogen-bond donors (Lipinski definition) is 2. The minimum atomic E-state index is -1.19. The Morgan fingerprint density at radius 1 is 1.16 bits per heavy atom. The lowest BCUT2D eigenvalue weighted by atomic mass is 10.2. The zero-order valence-corrected chi connectivity index (χ0v) is 17.9. The van der Waals surface area contributed by atoms with Gasteiger partial charge < -0.3 is 5.11 Å². The van der Waals surface area contributed by atoms with E-state index in [9.17, 15) is 9.90 Å². The van der Waals surface area contributed by atoms with E-state index in [2.05, 4.69) is 30.8 Å². The predicted molar refractivity (Wildman–Crippen MR) is 120 cm³/mol. The summed E-state index contributed by atoms with van der Waals surface area (Å²) in [7, 11) is 0. The van der Waals surface area contributed by atoms with Crippen LogP contribution in [0.25, 0.3) is 22.6 Å². The number of aliphatic carboxylic acids is 1. The molecule has 2 N–H and O–H groups in total. The number of nitrogens with one attached hydrogen (secondary N) is 1. The monoisotopic (exact) mass is 473 g/mol. The van der Waals surface area contributed by atoms with Crippen LogP contribution in [0.5, 0.6) is 0 Å². The SMILES string of the molecule is O=C(O)/C(Cn1cc(-c2ccccn2)nn1)=N/Nc1nc(-c2ccc(Cl)c(Cl)c2)cs1. The van der Waals surface area contributed by atoms with Crippen LogP contribution in [0.15, 0.2) is 59.3 Å². The van der Waals surface area contributed by atoms with Crippen molar-refractivity contribution in [3.05, 3.63) is 64.2 Å². The van der Waals surface area contributed by atoms with Crippen molar-refractivity contribution in [3.8, 4) is 22.6 Å². The Balaban J connectivity index is 1.48. The Labute approximate surface area is 190 Å². The van der Waals surface area contributed by atoms with E-state index in [1.807, 2.05) is 6.07 Å². The highest BCUT2D eigenvalue weighted by Crippen LogP contribution is 2.30. The maximum Gasteiger partial charge on any atom is 0.354 e. The lowest BCUT2D eigenvalue weighted by Gasteiger charge is -2.02. The zero-order chi connectivity index (χ0) is 21.8. The van der Waals surface area contributed by atoms with Crippen molar-refractivity contribution in [1.29, 1.82) is 0 Å². The van der Waals surface area contributed by atoms with Crippen molar-refractivity contribution in [3.63, 3.8) is 0 Å². The van der Waals surface area contributed by atoms with Gasteiger partial charge in [0.2, 0.25) is 5.13 Å². The van der Waals surface area contributed by atoms with Gasteiger partial charge in [0.25, 0.3) is 0 Å². The summed E-state index contributed by atoms with van der Waals surface area (Å²) in [4.78, 5) is 20.2. The first-order chi connectivity index (χ1) is 15.0. The summed E-state index contributed by atoms with van der Waals surface area (Å²) in [6.07, 6.45) is 3.25. The number of nitrogens with zero attached hydrogens (tertiary/aromatic N) is 6. The van der Waals surface area contributed by atoms with Gasteiger partial charge in [0.15, 0.2) is 5.71 Å². The number of carboxylic acids is 1. The summed E-state index contributed by atoms with van der Waals surface area (Å²) in [6, 6.07) is 10.6. The lowest BCUT2D eigenvalue weighted by molar-refractivity contribution is -0.129. The third kappa shape index (κ3) is 5.05. The van der Waals surface area contributed by atoms with Crippen LogP contribution < -0.4 is 5.43 Å². The Morgan fingerprint density at radius 3 is 2.77 bits per heavy atom. The molecule has 0 fully saturated rings. The smallest absolute Gasteiger partial charge is 0.354 e. The molecule has 9 nitrogen and oxygen atoms in total. The molecule has 0 unspecified atom stereocenters. The molecule has 4 aromatic rings. The van der Waals surface area contributed by atoms with Crippen molar-refractivity contribution in [2.45, 2.75) is 6.54 Å². The summed E-state index contributed by atoms with van der Waals surface area (Å²) in [5.74, 6) is -1.19. The van der Waals surface area contributed by atoms with Crippen molar-refractivity contribution in [2.24, 2.45) is 5.10 Å². The van der Waals surface area contributed by atoms with Gasteiger partial charge in [0.05, 0.1) is 34.2 Å². The fraction of sp³-hybridized carbons (Fsp3) is 0.0526. The Hall–Kier alpha value is -3.34. The number of thiazole rings is 1. The summed E-state index contributed by atoms with van der Waals surface area (Å²) in [5.41, 5.74) is 5.13. The number of carbonyl (C=O) groups is 1. The second kappa shape index (κ2) is 9.21. The Kier molecular flexibility index (Phi) is 6.21. The predicted octanol–water partition coefficient (Wildman–Crippen LogP) is 4.32. The van der Waals surface area contributed by atoms with Crippen LogP contribution in [0.4, 0.5) is 5.13 Å². The summed E-state index contributed by atoms with van der Waals surface area (Å²) in [6.45, 7) is -0.0901. The van der Waals surface area contributed by atoms with Crippen LogP contribution in [-0.4, -0.2) is 41.7 Å². The van der Waals surface area contributed by atoms with E-state index in [0.29, 0.717) is 32.3 Å². The standard InChI is InChI=1S/C19H13Cl2N7O2S/c20-12-5-4-11(7-13(12)21)17-10-31-19(23-17)26-24-16(18(29)30)9-28-8-15(25-27-28)14-3-1-2-6-22-14/h1-8,10H,9H2,(H,23,26)(H,29,30)/b24-16+. The van der Waals surface area contributed by atoms with Crippen LogP contribution in [-0.2, 0) is 11.3 Å². The molecule has 4 rings (SSSR count). The summed E-state index contributed by atoms with van der Waals surface area (Å²) < 4.78 is 1.38. The maximum absolute atomic E-state index is 11.6. The van der Waals surface area contributed by atoms with Crippen LogP contribution in [0.3, 0.4) is 0 Å². The van der Waals surface area contributed by atoms with Gasteiger partial charge in [0, 0.05) is 17.1 Å². The fourth-order valence-corrected chi connectivity index (χ4v) is 3.50. The third-order valence-electron chi connectivity index (χ3n) is 4.03. The number of aromatic nitrogens is 5. The molecule has 0 spiro atoms. The number of anilines is 1. The summed E-state index contributed by atoms with van der Waals surface area (Å²) in [5, 5.41) is 24.5. The van der Waals surface area contributed by atoms with Crippen LogP contribution >= 0.6 is 34.5 Å². The maximum atomic E-state index is 11.6. The molecule has 3 aromatic heterocycles. The molecule has 0 amide bonds. The molecule has 0 aliphatic heterocycles. The van der Waals surface area contributed by atoms with E-state index >= 15 is 0 Å². The van der Waals surface area contributed by atoms with Crippen molar-refractivity contribution >= 4 is 51.4 Å². The first-order valence-electron chi connectivity index (χ1n) is 8.78. The molecule has 12 heteroatoms. The van der Waals surface area contributed by atoms with Crippen molar-refractivity contribution in [2.75, 3.05) is 5.43 Å². The third-order valence-corrected chi connectivity index (χ3v) is 5.52. The molecule has 3 heterocycles. The average molecular weight is 474 g/mol. The van der Waals surface area contributed by atoms with Crippen LogP contribution in [0, 0.1) is 0 Å². The van der Waals surface area contributed by atoms with Crippen LogP contribution in [0.1, 0.15) is 0 Å². The minimum Gasteiger partial charge on any atom is -0.477 e. The molecule has 156 valence electrons. The molecular weight excluding hydrogens is 461 g/mol. The van der Waals surface area contributed by atoms with E-state index < -0.39 is 5.97 Å². The molecule has 1 aromatic carbocycles. The van der Waals surface area contributed by atoms with E-state index in [4.69, 9.17) is 23.2 Å². The molecule has 31 heavy (non-hydrogen) atoms. The number of rotatable bonds is 7. The number of hydrogen-bond acceptors (Lipinski definition) is 8. The van der Waals surface area contributed by atoms with Gasteiger partial charge in [-0.3, -0.25) is 10.4 Å². The highest BCUT2D eigenvalue weighted by atomic mass is 35.5. The average Bonchev–Trinajstić information content (AvgIpc) is 3.43. The molecule has 0 bridgehead atoms. The molecule has 0 aliphatic carbocycles. The van der Waals surface area contributed by atoms with E-state index in [0.717, 1.165) is 5.56 Å². The fourth-order valence-electron chi connectivity index (χ4n) is 2.54. The summed E-state index contributed by atoms with van der Waals surface area (Å²) >= 11 is 13.3. The molecule has 0 atom stereocenters. The Morgan fingerprint density at radius 2 is 2.03 bits per heavy atom. The quantitative estimate of drug-likeness (QED) is 0.303. The minimum absolute atomic E-state index is 0.0901. The second-order valence-corrected chi connectivity index (χ2v) is 7.83. The number of carboxylic acid groups (broad SMARTS) is 1. The Bertz CT molecular complexity index is 1260. The van der Waals surface area contributed by atoms with Crippen molar-refractivity contribution in [1.82, 2.24) is 25.0 Å².